The molecule has 0 amide bonds. The van der Waals surface area contributed by atoms with Crippen LogP contribution in [0.15, 0.2) is 28.7 Å². The van der Waals surface area contributed by atoms with Gasteiger partial charge in [-0.2, -0.15) is 9.64 Å². The summed E-state index contributed by atoms with van der Waals surface area (Å²) in [5, 5.41) is 13.0. The van der Waals surface area contributed by atoms with Gasteiger partial charge < -0.3 is 5.32 Å². The zero-order valence-corrected chi connectivity index (χ0v) is 10.9. The first-order valence-corrected chi connectivity index (χ1v) is 6.17. The third-order valence-corrected chi connectivity index (χ3v) is 3.64. The molecule has 80 valence electrons. The minimum Gasteiger partial charge on any atom is -0.344 e. The second kappa shape index (κ2) is 4.64. The number of aromatic nitrogens is 1. The van der Waals surface area contributed by atoms with Crippen molar-refractivity contribution >= 4 is 38.2 Å². The van der Waals surface area contributed by atoms with Gasteiger partial charge in [0.2, 0.25) is 0 Å². The molecule has 0 spiro atoms. The van der Waals surface area contributed by atoms with Crippen LogP contribution >= 0.6 is 27.5 Å². The number of hydrogen-bond acceptors (Lipinski definition) is 4. The third kappa shape index (κ3) is 2.08. The highest BCUT2D eigenvalue weighted by Crippen LogP contribution is 2.30. The predicted octanol–water partition coefficient (Wildman–Crippen LogP) is 3.83. The highest BCUT2D eigenvalue weighted by molar-refractivity contribution is 9.10. The van der Waals surface area contributed by atoms with Gasteiger partial charge in [-0.3, -0.25) is 0 Å². The van der Waals surface area contributed by atoms with Crippen LogP contribution in [0, 0.1) is 18.3 Å². The Bertz CT molecular complexity index is 557. The summed E-state index contributed by atoms with van der Waals surface area (Å²) in [5.74, 6) is 0. The molecule has 0 radical (unpaired) electrons. The quantitative estimate of drug-likeness (QED) is 0.915. The lowest BCUT2D eigenvalue weighted by Crippen LogP contribution is -1.91. The molecular formula is C11H8BrN3S. The normalized spacial score (nSPS) is 9.81. The highest BCUT2D eigenvalue weighted by Gasteiger charge is 2.10. The number of nitrogens with one attached hydrogen (secondary N) is 1. The minimum atomic E-state index is 0.612. The van der Waals surface area contributed by atoms with Gasteiger partial charge in [-0.15, -0.1) is 0 Å². The molecule has 0 aliphatic heterocycles. The lowest BCUT2D eigenvalue weighted by molar-refractivity contribution is 1.31. The van der Waals surface area contributed by atoms with E-state index in [-0.39, 0.29) is 0 Å². The van der Waals surface area contributed by atoms with E-state index in [1.165, 1.54) is 11.5 Å². The molecular weight excluding hydrogens is 286 g/mol. The lowest BCUT2D eigenvalue weighted by atomic mass is 10.2. The second-order valence-corrected chi connectivity index (χ2v) is 4.82. The van der Waals surface area contributed by atoms with E-state index < -0.39 is 0 Å². The maximum absolute atomic E-state index is 9.00. The van der Waals surface area contributed by atoms with Crippen molar-refractivity contribution in [3.8, 4) is 6.07 Å². The molecule has 1 heterocycles. The third-order valence-electron chi connectivity index (χ3n) is 2.10. The summed E-state index contributed by atoms with van der Waals surface area (Å²) < 4.78 is 5.12. The molecule has 1 N–H and O–H groups in total. The van der Waals surface area contributed by atoms with Gasteiger partial charge >= 0.3 is 0 Å². The van der Waals surface area contributed by atoms with Crippen molar-refractivity contribution in [3.05, 3.63) is 40.0 Å². The molecule has 5 heteroatoms. The Morgan fingerprint density at radius 1 is 1.44 bits per heavy atom. The first kappa shape index (κ1) is 11.1. The molecule has 0 atom stereocenters. The summed E-state index contributed by atoms with van der Waals surface area (Å²) in [4.78, 5) is 0. The van der Waals surface area contributed by atoms with Crippen LogP contribution in [0.3, 0.4) is 0 Å². The number of hydrogen-bond donors (Lipinski definition) is 1. The molecule has 0 bridgehead atoms. The lowest BCUT2D eigenvalue weighted by Gasteiger charge is -2.05. The molecule has 1 aromatic carbocycles. The predicted molar refractivity (Wildman–Crippen MR) is 69.0 cm³/mol. The minimum absolute atomic E-state index is 0.612. The summed E-state index contributed by atoms with van der Waals surface area (Å²) in [6, 6.07) is 9.93. The Balaban J connectivity index is 2.35. The highest BCUT2D eigenvalue weighted by atomic mass is 79.9. The van der Waals surface area contributed by atoms with E-state index >= 15 is 0 Å². The van der Waals surface area contributed by atoms with Crippen molar-refractivity contribution in [1.82, 2.24) is 4.37 Å². The first-order chi connectivity index (χ1) is 7.72. The summed E-state index contributed by atoms with van der Waals surface area (Å²) in [5.41, 5.74) is 2.31. The maximum Gasteiger partial charge on any atom is 0.132 e. The van der Waals surface area contributed by atoms with Gasteiger partial charge in [-0.05, 0) is 46.5 Å². The SMILES string of the molecule is Cc1nsc(Nc2ccccc2Br)c1C#N. The number of benzene rings is 1. The Morgan fingerprint density at radius 2 is 2.19 bits per heavy atom. The van der Waals surface area contributed by atoms with E-state index in [9.17, 15) is 0 Å². The molecule has 0 unspecified atom stereocenters. The van der Waals surface area contributed by atoms with E-state index in [2.05, 4.69) is 31.7 Å². The van der Waals surface area contributed by atoms with Gasteiger partial charge in [-0.25, -0.2) is 0 Å². The Hall–Kier alpha value is -1.38. The summed E-state index contributed by atoms with van der Waals surface area (Å²) in [6.07, 6.45) is 0. The standard InChI is InChI=1S/C11H8BrN3S/c1-7-8(6-13)11(16-15-7)14-10-5-3-2-4-9(10)12/h2-5,14H,1H3. The fraction of sp³-hybridized carbons (Fsp3) is 0.0909. The van der Waals surface area contributed by atoms with E-state index in [0.717, 1.165) is 20.9 Å². The first-order valence-electron chi connectivity index (χ1n) is 4.60. The number of nitrogens with zero attached hydrogens (tertiary/aromatic N) is 2. The molecule has 2 aromatic rings. The van der Waals surface area contributed by atoms with Crippen LogP contribution in [0.1, 0.15) is 11.3 Å². The maximum atomic E-state index is 9.00. The number of para-hydroxylation sites is 1. The number of rotatable bonds is 2. The van der Waals surface area contributed by atoms with Crippen molar-refractivity contribution in [2.45, 2.75) is 6.92 Å². The summed E-state index contributed by atoms with van der Waals surface area (Å²) in [6.45, 7) is 1.83. The Kier molecular flexibility index (Phi) is 3.22. The zero-order valence-electron chi connectivity index (χ0n) is 8.49. The largest absolute Gasteiger partial charge is 0.344 e. The van der Waals surface area contributed by atoms with Crippen LogP contribution in [0.4, 0.5) is 10.7 Å². The van der Waals surface area contributed by atoms with Crippen LogP contribution in [-0.4, -0.2) is 4.37 Å². The number of aryl methyl sites for hydroxylation is 1. The average Bonchev–Trinajstić information content (AvgIpc) is 2.63. The Morgan fingerprint density at radius 3 is 2.88 bits per heavy atom. The van der Waals surface area contributed by atoms with Gasteiger partial charge in [0.15, 0.2) is 0 Å². The van der Waals surface area contributed by atoms with Gasteiger partial charge in [0.1, 0.15) is 16.6 Å². The van der Waals surface area contributed by atoms with Crippen molar-refractivity contribution in [2.75, 3.05) is 5.32 Å². The molecule has 16 heavy (non-hydrogen) atoms. The van der Waals surface area contributed by atoms with Gasteiger partial charge in [0.05, 0.1) is 11.4 Å². The van der Waals surface area contributed by atoms with Gasteiger partial charge in [0, 0.05) is 4.47 Å². The molecule has 2 rings (SSSR count). The van der Waals surface area contributed by atoms with Crippen LogP contribution in [0.5, 0.6) is 0 Å². The Labute approximate surface area is 106 Å². The smallest absolute Gasteiger partial charge is 0.132 e. The van der Waals surface area contributed by atoms with Gasteiger partial charge in [0.25, 0.3) is 0 Å². The van der Waals surface area contributed by atoms with Crippen molar-refractivity contribution in [2.24, 2.45) is 0 Å². The summed E-state index contributed by atoms with van der Waals surface area (Å²) in [7, 11) is 0. The number of halogens is 1. The van der Waals surface area contributed by atoms with Crippen LogP contribution in [-0.2, 0) is 0 Å². The van der Waals surface area contributed by atoms with Gasteiger partial charge in [-0.1, -0.05) is 12.1 Å². The van der Waals surface area contributed by atoms with Crippen molar-refractivity contribution < 1.29 is 0 Å². The molecule has 0 fully saturated rings. The molecule has 0 aliphatic rings. The monoisotopic (exact) mass is 293 g/mol. The number of anilines is 2. The second-order valence-electron chi connectivity index (χ2n) is 3.19. The van der Waals surface area contributed by atoms with E-state index in [4.69, 9.17) is 5.26 Å². The molecule has 0 aliphatic carbocycles. The molecule has 0 saturated heterocycles. The molecule has 0 saturated carbocycles. The fourth-order valence-corrected chi connectivity index (χ4v) is 2.42. The topological polar surface area (TPSA) is 48.7 Å². The zero-order chi connectivity index (χ0) is 11.5. The van der Waals surface area contributed by atoms with E-state index in [1.807, 2.05) is 31.2 Å². The van der Waals surface area contributed by atoms with E-state index in [0.29, 0.717) is 5.56 Å². The molecule has 3 nitrogen and oxygen atoms in total. The van der Waals surface area contributed by atoms with Crippen LogP contribution in [0.25, 0.3) is 0 Å². The van der Waals surface area contributed by atoms with Crippen molar-refractivity contribution in [1.29, 1.82) is 5.26 Å². The van der Waals surface area contributed by atoms with Crippen LogP contribution < -0.4 is 5.32 Å². The average molecular weight is 294 g/mol. The fourth-order valence-electron chi connectivity index (χ4n) is 1.27. The van der Waals surface area contributed by atoms with Crippen LogP contribution in [0.2, 0.25) is 0 Å². The molecule has 1 aromatic heterocycles. The van der Waals surface area contributed by atoms with Crippen molar-refractivity contribution in [3.63, 3.8) is 0 Å². The summed E-state index contributed by atoms with van der Waals surface area (Å²) >= 11 is 4.75. The van der Waals surface area contributed by atoms with E-state index in [1.54, 1.807) is 0 Å². The number of nitriles is 1.